The topological polar surface area (TPSA) is 113 Å². The van der Waals surface area contributed by atoms with Crippen LogP contribution in [0.5, 0.6) is 0 Å². The molecule has 0 aliphatic heterocycles. The van der Waals surface area contributed by atoms with Crippen LogP contribution >= 0.6 is 0 Å². The van der Waals surface area contributed by atoms with Crippen LogP contribution in [0.1, 0.15) is 31.2 Å². The number of rotatable bonds is 8. The van der Waals surface area contributed by atoms with Gasteiger partial charge in [-0.3, -0.25) is 14.9 Å². The maximum Gasteiger partial charge on any atom is 0.269 e. The number of non-ortho nitro benzene ring substituents is 1. The molecule has 9 nitrogen and oxygen atoms in total. The van der Waals surface area contributed by atoms with E-state index in [1.165, 1.54) is 18.2 Å². The zero-order valence-corrected chi connectivity index (χ0v) is 20.0. The van der Waals surface area contributed by atoms with Crippen molar-refractivity contribution in [1.82, 2.24) is 15.3 Å². The van der Waals surface area contributed by atoms with Crippen LogP contribution in [0.4, 0.5) is 17.5 Å². The molecule has 1 fully saturated rings. The van der Waals surface area contributed by atoms with Crippen molar-refractivity contribution >= 4 is 40.3 Å². The number of aromatic nitrogens is 2. The van der Waals surface area contributed by atoms with Crippen molar-refractivity contribution in [3.8, 4) is 0 Å². The van der Waals surface area contributed by atoms with Crippen molar-refractivity contribution in [1.29, 1.82) is 0 Å². The lowest BCUT2D eigenvalue weighted by Gasteiger charge is -2.29. The highest BCUT2D eigenvalue weighted by Crippen LogP contribution is 2.28. The molecule has 4 rings (SSSR count). The fourth-order valence-corrected chi connectivity index (χ4v) is 4.34. The third-order valence-corrected chi connectivity index (χ3v) is 6.28. The summed E-state index contributed by atoms with van der Waals surface area (Å²) < 4.78 is 0. The number of hydrogen-bond acceptors (Lipinski definition) is 7. The second-order valence-electron chi connectivity index (χ2n) is 9.07. The van der Waals surface area contributed by atoms with Crippen LogP contribution in [0, 0.1) is 16.0 Å². The number of carbonyl (C=O) groups excluding carboxylic acids is 1. The minimum Gasteiger partial charge on any atom is -0.362 e. The van der Waals surface area contributed by atoms with Gasteiger partial charge in [0.15, 0.2) is 0 Å². The molecule has 3 aromatic rings. The summed E-state index contributed by atoms with van der Waals surface area (Å²) in [6, 6.07) is 14.4. The van der Waals surface area contributed by atoms with Crippen LogP contribution in [-0.4, -0.2) is 47.5 Å². The summed E-state index contributed by atoms with van der Waals surface area (Å²) in [5, 5.41) is 18.2. The molecule has 1 aromatic heterocycles. The van der Waals surface area contributed by atoms with Gasteiger partial charge < -0.3 is 15.5 Å². The van der Waals surface area contributed by atoms with Gasteiger partial charge in [-0.1, -0.05) is 12.1 Å². The molecule has 1 heterocycles. The molecule has 0 bridgehead atoms. The summed E-state index contributed by atoms with van der Waals surface area (Å²) in [7, 11) is 3.97. The number of hydrogen-bond donors (Lipinski definition) is 2. The molecule has 2 aromatic carbocycles. The summed E-state index contributed by atoms with van der Waals surface area (Å²) >= 11 is 0. The minimum atomic E-state index is -0.444. The Balaban J connectivity index is 1.25. The lowest BCUT2D eigenvalue weighted by molar-refractivity contribution is -0.384. The Morgan fingerprint density at radius 3 is 2.49 bits per heavy atom. The number of carbonyl (C=O) groups is 1. The molecule has 182 valence electrons. The molecule has 9 heteroatoms. The van der Waals surface area contributed by atoms with Gasteiger partial charge in [-0.25, -0.2) is 4.98 Å². The van der Waals surface area contributed by atoms with E-state index in [4.69, 9.17) is 9.97 Å². The number of nitrogens with zero attached hydrogens (tertiary/aromatic N) is 4. The van der Waals surface area contributed by atoms with Crippen LogP contribution < -0.4 is 15.5 Å². The lowest BCUT2D eigenvalue weighted by Crippen LogP contribution is -2.33. The number of nitro benzene ring substituents is 1. The molecule has 1 aliphatic rings. The number of anilines is 2. The molecule has 0 unspecified atom stereocenters. The molecule has 0 radical (unpaired) electrons. The molecule has 1 saturated carbocycles. The zero-order valence-electron chi connectivity index (χ0n) is 20.0. The monoisotopic (exact) mass is 474 g/mol. The summed E-state index contributed by atoms with van der Waals surface area (Å²) in [4.78, 5) is 33.9. The van der Waals surface area contributed by atoms with E-state index in [0.29, 0.717) is 24.5 Å². The first-order valence-corrected chi connectivity index (χ1v) is 11.8. The zero-order chi connectivity index (χ0) is 24.8. The molecule has 1 amide bonds. The number of nitrogens with one attached hydrogen (secondary N) is 2. The number of benzene rings is 2. The fourth-order valence-electron chi connectivity index (χ4n) is 4.34. The predicted octanol–water partition coefficient (Wildman–Crippen LogP) is 4.40. The smallest absolute Gasteiger partial charge is 0.269 e. The van der Waals surface area contributed by atoms with Crippen molar-refractivity contribution in [3.05, 3.63) is 70.3 Å². The van der Waals surface area contributed by atoms with Gasteiger partial charge in [-0.2, -0.15) is 4.98 Å². The van der Waals surface area contributed by atoms with E-state index >= 15 is 0 Å². The highest BCUT2D eigenvalue weighted by Gasteiger charge is 2.22. The number of fused-ring (bicyclic) bond motifs is 1. The molecular formula is C26H30N6O3. The van der Waals surface area contributed by atoms with Crippen LogP contribution in [0.25, 0.3) is 17.0 Å². The normalized spacial score (nSPS) is 17.9. The third kappa shape index (κ3) is 6.32. The maximum atomic E-state index is 12.2. The molecule has 0 atom stereocenters. The van der Waals surface area contributed by atoms with Gasteiger partial charge in [0.25, 0.3) is 5.69 Å². The average Bonchev–Trinajstić information content (AvgIpc) is 2.86. The highest BCUT2D eigenvalue weighted by atomic mass is 16.6. The molecule has 1 aliphatic carbocycles. The summed E-state index contributed by atoms with van der Waals surface area (Å²) in [5.41, 5.74) is 1.69. The largest absolute Gasteiger partial charge is 0.362 e. The Bertz CT molecular complexity index is 1220. The van der Waals surface area contributed by atoms with E-state index in [0.717, 1.165) is 48.0 Å². The average molecular weight is 475 g/mol. The summed E-state index contributed by atoms with van der Waals surface area (Å²) in [6.07, 6.45) is 7.13. The van der Waals surface area contributed by atoms with Gasteiger partial charge in [0.1, 0.15) is 5.82 Å². The second-order valence-corrected chi connectivity index (χ2v) is 9.07. The SMILES string of the molecule is CN(C)c1nc(NC2CCC(CNC(=O)C=Cc3ccc([N+](=O)[O-])cc3)CC2)nc2ccccc12. The first-order valence-electron chi connectivity index (χ1n) is 11.8. The second kappa shape index (κ2) is 10.9. The van der Waals surface area contributed by atoms with Crippen molar-refractivity contribution in [2.45, 2.75) is 31.7 Å². The van der Waals surface area contributed by atoms with E-state index in [1.54, 1.807) is 18.2 Å². The molecule has 2 N–H and O–H groups in total. The molecule has 0 spiro atoms. The number of para-hydroxylation sites is 1. The third-order valence-electron chi connectivity index (χ3n) is 6.28. The van der Waals surface area contributed by atoms with Crippen molar-refractivity contribution in [2.75, 3.05) is 30.9 Å². The lowest BCUT2D eigenvalue weighted by atomic mass is 9.86. The van der Waals surface area contributed by atoms with Gasteiger partial charge in [0.2, 0.25) is 11.9 Å². The minimum absolute atomic E-state index is 0.0296. The van der Waals surface area contributed by atoms with E-state index in [2.05, 4.69) is 10.6 Å². The van der Waals surface area contributed by atoms with Crippen LogP contribution in [-0.2, 0) is 4.79 Å². The van der Waals surface area contributed by atoms with Gasteiger partial charge in [-0.05, 0) is 67.5 Å². The standard InChI is InChI=1S/C26H30N6O3/c1-31(2)25-22-5-3-4-6-23(22)29-26(30-25)28-20-12-7-19(8-13-20)17-27-24(33)16-11-18-9-14-21(15-10-18)32(34)35/h3-6,9-11,14-16,19-20H,7-8,12-13,17H2,1-2H3,(H,27,33)(H,28,29,30). The maximum absolute atomic E-state index is 12.2. The van der Waals surface area contributed by atoms with E-state index in [9.17, 15) is 14.9 Å². The highest BCUT2D eigenvalue weighted by molar-refractivity contribution is 5.92. The van der Waals surface area contributed by atoms with Gasteiger partial charge in [-0.15, -0.1) is 0 Å². The van der Waals surface area contributed by atoms with Crippen molar-refractivity contribution in [3.63, 3.8) is 0 Å². The number of amides is 1. The van der Waals surface area contributed by atoms with Crippen LogP contribution in [0.15, 0.2) is 54.6 Å². The van der Waals surface area contributed by atoms with E-state index in [1.807, 2.05) is 43.3 Å². The molecular weight excluding hydrogens is 444 g/mol. The first kappa shape index (κ1) is 24.1. The van der Waals surface area contributed by atoms with E-state index < -0.39 is 4.92 Å². The number of nitro groups is 1. The quantitative estimate of drug-likeness (QED) is 0.282. The van der Waals surface area contributed by atoms with Gasteiger partial charge in [0.05, 0.1) is 10.4 Å². The van der Waals surface area contributed by atoms with Crippen molar-refractivity contribution < 1.29 is 9.72 Å². The van der Waals surface area contributed by atoms with Crippen LogP contribution in [0.2, 0.25) is 0 Å². The van der Waals surface area contributed by atoms with E-state index in [-0.39, 0.29) is 11.6 Å². The van der Waals surface area contributed by atoms with Gasteiger partial charge in [0, 0.05) is 50.3 Å². The van der Waals surface area contributed by atoms with Gasteiger partial charge >= 0.3 is 0 Å². The Morgan fingerprint density at radius 1 is 1.09 bits per heavy atom. The Kier molecular flexibility index (Phi) is 7.54. The predicted molar refractivity (Wildman–Crippen MR) is 138 cm³/mol. The Labute approximate surface area is 204 Å². The molecule has 0 saturated heterocycles. The summed E-state index contributed by atoms with van der Waals surface area (Å²) in [6.45, 7) is 0.632. The van der Waals surface area contributed by atoms with Crippen molar-refractivity contribution in [2.24, 2.45) is 5.92 Å². The van der Waals surface area contributed by atoms with Crippen LogP contribution in [0.3, 0.4) is 0 Å². The summed E-state index contributed by atoms with van der Waals surface area (Å²) in [5.74, 6) is 1.82. The molecule has 35 heavy (non-hydrogen) atoms. The Morgan fingerprint density at radius 2 is 1.80 bits per heavy atom. The first-order chi connectivity index (χ1) is 16.9. The fraction of sp³-hybridized carbons (Fsp3) is 0.346. The Hall–Kier alpha value is -4.01.